The van der Waals surface area contributed by atoms with Crippen LogP contribution < -0.4 is 5.32 Å². The van der Waals surface area contributed by atoms with Crippen molar-refractivity contribution in [3.05, 3.63) is 22.4 Å². The van der Waals surface area contributed by atoms with E-state index in [4.69, 9.17) is 4.74 Å². The van der Waals surface area contributed by atoms with Crippen LogP contribution in [-0.2, 0) is 16.1 Å². The molecule has 2 heterocycles. The van der Waals surface area contributed by atoms with E-state index in [1.165, 1.54) is 4.88 Å². The van der Waals surface area contributed by atoms with E-state index in [0.29, 0.717) is 6.61 Å². The fourth-order valence-corrected chi connectivity index (χ4v) is 4.34. The topological polar surface area (TPSA) is 38.3 Å². The van der Waals surface area contributed by atoms with Gasteiger partial charge in [0, 0.05) is 16.7 Å². The summed E-state index contributed by atoms with van der Waals surface area (Å²) in [5, 5.41) is 5.80. The normalized spacial score (nSPS) is 27.2. The predicted octanol–water partition coefficient (Wildman–Crippen LogP) is 3.06. The number of ether oxygens (including phenoxy) is 1. The summed E-state index contributed by atoms with van der Waals surface area (Å²) in [6, 6.07) is 4.13. The molecule has 1 aliphatic rings. The molecule has 5 heteroatoms. The third-order valence-electron chi connectivity index (χ3n) is 3.58. The first-order chi connectivity index (χ1) is 9.19. The molecule has 1 aromatic heterocycles. The van der Waals surface area contributed by atoms with E-state index in [1.807, 2.05) is 24.8 Å². The molecule has 0 radical (unpaired) electrons. The third kappa shape index (κ3) is 3.33. The van der Waals surface area contributed by atoms with Gasteiger partial charge < -0.3 is 4.74 Å². The van der Waals surface area contributed by atoms with Crippen molar-refractivity contribution >= 4 is 29.1 Å². The zero-order chi connectivity index (χ0) is 13.7. The Morgan fingerprint density at radius 1 is 1.63 bits per heavy atom. The molecule has 2 unspecified atom stereocenters. The molecule has 19 heavy (non-hydrogen) atoms. The van der Waals surface area contributed by atoms with E-state index >= 15 is 0 Å². The van der Waals surface area contributed by atoms with Crippen molar-refractivity contribution in [2.45, 2.75) is 44.0 Å². The highest BCUT2D eigenvalue weighted by atomic mass is 32.2. The molecule has 3 nitrogen and oxygen atoms in total. The molecule has 106 valence electrons. The van der Waals surface area contributed by atoms with Crippen molar-refractivity contribution in [2.24, 2.45) is 0 Å². The molecule has 0 aliphatic carbocycles. The lowest BCUT2D eigenvalue weighted by Gasteiger charge is -2.40. The second-order valence-electron chi connectivity index (χ2n) is 4.74. The van der Waals surface area contributed by atoms with Gasteiger partial charge in [0.2, 0.25) is 0 Å². The minimum Gasteiger partial charge on any atom is -0.465 e. The maximum absolute atomic E-state index is 12.4. The molecule has 0 saturated carbocycles. The first kappa shape index (κ1) is 14.9. The molecule has 1 aromatic rings. The number of rotatable bonds is 5. The molecule has 2 atom stereocenters. The van der Waals surface area contributed by atoms with Crippen LogP contribution in [0.15, 0.2) is 17.5 Å². The van der Waals surface area contributed by atoms with Crippen molar-refractivity contribution in [1.29, 1.82) is 0 Å². The van der Waals surface area contributed by atoms with Gasteiger partial charge in [-0.1, -0.05) is 13.0 Å². The van der Waals surface area contributed by atoms with Crippen LogP contribution in [0, 0.1) is 0 Å². The Hall–Kier alpha value is -0.520. The van der Waals surface area contributed by atoms with E-state index in [9.17, 15) is 4.79 Å². The Morgan fingerprint density at radius 2 is 2.47 bits per heavy atom. The lowest BCUT2D eigenvalue weighted by Crippen LogP contribution is -2.60. The fraction of sp³-hybridized carbons (Fsp3) is 0.643. The number of hydrogen-bond acceptors (Lipinski definition) is 5. The molecule has 0 aromatic carbocycles. The van der Waals surface area contributed by atoms with Gasteiger partial charge in [0.25, 0.3) is 0 Å². The second-order valence-corrected chi connectivity index (χ2v) is 7.22. The molecule has 1 saturated heterocycles. The average molecular weight is 299 g/mol. The van der Waals surface area contributed by atoms with Crippen molar-refractivity contribution in [3.63, 3.8) is 0 Å². The minimum absolute atomic E-state index is 0.0914. The molecule has 0 bridgehead atoms. The van der Waals surface area contributed by atoms with E-state index in [-0.39, 0.29) is 11.2 Å². The summed E-state index contributed by atoms with van der Waals surface area (Å²) >= 11 is 3.57. The van der Waals surface area contributed by atoms with Gasteiger partial charge in [-0.3, -0.25) is 10.1 Å². The van der Waals surface area contributed by atoms with Gasteiger partial charge in [0.05, 0.1) is 6.61 Å². The van der Waals surface area contributed by atoms with E-state index in [0.717, 1.165) is 25.1 Å². The van der Waals surface area contributed by atoms with Crippen LogP contribution in [0.3, 0.4) is 0 Å². The van der Waals surface area contributed by atoms with Crippen molar-refractivity contribution in [1.82, 2.24) is 5.32 Å². The maximum atomic E-state index is 12.4. The maximum Gasteiger partial charge on any atom is 0.327 e. The number of nitrogens with one attached hydrogen (secondary N) is 1. The average Bonchev–Trinajstić information content (AvgIpc) is 2.91. The van der Waals surface area contributed by atoms with Crippen LogP contribution in [0.4, 0.5) is 0 Å². The summed E-state index contributed by atoms with van der Waals surface area (Å²) in [6.45, 7) is 5.17. The Balaban J connectivity index is 2.11. The number of esters is 1. The molecule has 0 amide bonds. The van der Waals surface area contributed by atoms with Gasteiger partial charge in [-0.2, -0.15) is 11.8 Å². The summed E-state index contributed by atoms with van der Waals surface area (Å²) < 4.78 is 5.31. The van der Waals surface area contributed by atoms with Crippen LogP contribution in [0.2, 0.25) is 0 Å². The third-order valence-corrected chi connectivity index (χ3v) is 5.88. The Labute approximate surface area is 123 Å². The number of thioether (sulfide) groups is 1. The largest absolute Gasteiger partial charge is 0.465 e. The highest BCUT2D eigenvalue weighted by molar-refractivity contribution is 8.00. The van der Waals surface area contributed by atoms with Gasteiger partial charge in [-0.05, 0) is 37.0 Å². The summed E-state index contributed by atoms with van der Waals surface area (Å²) in [6.07, 6.45) is 1.93. The monoisotopic (exact) mass is 299 g/mol. The summed E-state index contributed by atoms with van der Waals surface area (Å²) in [5.74, 6) is 1.04. The Bertz CT molecular complexity index is 408. The van der Waals surface area contributed by atoms with Crippen LogP contribution in [0.25, 0.3) is 0 Å². The fourth-order valence-electron chi connectivity index (χ4n) is 2.45. The summed E-state index contributed by atoms with van der Waals surface area (Å²) in [4.78, 5) is 13.7. The predicted molar refractivity (Wildman–Crippen MR) is 81.7 cm³/mol. The minimum atomic E-state index is -0.525. The number of carbonyl (C=O) groups excluding carboxylic acids is 1. The van der Waals surface area contributed by atoms with Gasteiger partial charge in [-0.25, -0.2) is 0 Å². The summed E-state index contributed by atoms with van der Waals surface area (Å²) in [7, 11) is 0. The zero-order valence-electron chi connectivity index (χ0n) is 11.5. The van der Waals surface area contributed by atoms with Crippen molar-refractivity contribution in [2.75, 3.05) is 12.4 Å². The number of thiophene rings is 1. The Morgan fingerprint density at radius 3 is 3.11 bits per heavy atom. The first-order valence-corrected chi connectivity index (χ1v) is 8.68. The van der Waals surface area contributed by atoms with E-state index < -0.39 is 5.54 Å². The SMILES string of the molecule is CCOC(=O)C1(NCc2cccs2)CCCSC1C. The molecule has 0 spiro atoms. The molecule has 1 aliphatic heterocycles. The number of carbonyl (C=O) groups is 1. The van der Waals surface area contributed by atoms with Crippen LogP contribution in [-0.4, -0.2) is 29.1 Å². The van der Waals surface area contributed by atoms with Crippen molar-refractivity contribution in [3.8, 4) is 0 Å². The number of hydrogen-bond donors (Lipinski definition) is 1. The second kappa shape index (κ2) is 6.77. The molecular formula is C14H21NO2S2. The van der Waals surface area contributed by atoms with Crippen LogP contribution in [0.5, 0.6) is 0 Å². The molecule has 2 rings (SSSR count). The quantitative estimate of drug-likeness (QED) is 0.848. The highest BCUT2D eigenvalue weighted by Crippen LogP contribution is 2.35. The standard InChI is InChI=1S/C14H21NO2S2/c1-3-17-13(16)14(7-5-9-18-11(14)2)15-10-12-6-4-8-19-12/h4,6,8,11,15H,3,5,7,9-10H2,1-2H3. The van der Waals surface area contributed by atoms with Gasteiger partial charge in [0.1, 0.15) is 5.54 Å². The lowest BCUT2D eigenvalue weighted by molar-refractivity contribution is -0.151. The lowest BCUT2D eigenvalue weighted by atomic mass is 9.89. The smallest absolute Gasteiger partial charge is 0.327 e. The van der Waals surface area contributed by atoms with Gasteiger partial charge in [0.15, 0.2) is 0 Å². The van der Waals surface area contributed by atoms with Gasteiger partial charge >= 0.3 is 5.97 Å². The van der Waals surface area contributed by atoms with Crippen LogP contribution in [0.1, 0.15) is 31.6 Å². The van der Waals surface area contributed by atoms with Crippen LogP contribution >= 0.6 is 23.1 Å². The molecular weight excluding hydrogens is 278 g/mol. The van der Waals surface area contributed by atoms with Gasteiger partial charge in [-0.15, -0.1) is 11.3 Å². The zero-order valence-corrected chi connectivity index (χ0v) is 13.1. The molecule has 1 N–H and O–H groups in total. The van der Waals surface area contributed by atoms with E-state index in [1.54, 1.807) is 11.3 Å². The Kier molecular flexibility index (Phi) is 5.30. The highest BCUT2D eigenvalue weighted by Gasteiger charge is 2.46. The first-order valence-electron chi connectivity index (χ1n) is 6.75. The summed E-state index contributed by atoms with van der Waals surface area (Å²) in [5.41, 5.74) is -0.525. The van der Waals surface area contributed by atoms with E-state index in [2.05, 4.69) is 23.7 Å². The van der Waals surface area contributed by atoms with Crippen molar-refractivity contribution < 1.29 is 9.53 Å². The molecule has 1 fully saturated rings.